The first-order valence-corrected chi connectivity index (χ1v) is 7.74. The maximum atomic E-state index is 9.78. The molecule has 2 aromatic carbocycles. The number of aromatic nitrogens is 3. The lowest BCUT2D eigenvalue weighted by Gasteiger charge is -2.08. The van der Waals surface area contributed by atoms with Crippen molar-refractivity contribution in [3.8, 4) is 5.75 Å². The maximum absolute atomic E-state index is 9.78. The molecule has 24 heavy (non-hydrogen) atoms. The molecule has 0 amide bonds. The number of aromatic hydroxyl groups is 1. The molecule has 0 atom stereocenters. The number of halogens is 1. The van der Waals surface area contributed by atoms with E-state index in [0.717, 1.165) is 21.9 Å². The largest absolute Gasteiger partial charge is 0.508 e. The van der Waals surface area contributed by atoms with Gasteiger partial charge in [-0.25, -0.2) is 0 Å². The van der Waals surface area contributed by atoms with Gasteiger partial charge in [-0.3, -0.25) is 0 Å². The Kier molecular flexibility index (Phi) is 3.39. The van der Waals surface area contributed by atoms with Crippen LogP contribution in [0.15, 0.2) is 42.5 Å². The molecule has 0 aliphatic carbocycles. The summed E-state index contributed by atoms with van der Waals surface area (Å²) in [6, 6.07) is 12.7. The highest BCUT2D eigenvalue weighted by Crippen LogP contribution is 2.32. The smallest absolute Gasteiger partial charge is 0.223 e. The summed E-state index contributed by atoms with van der Waals surface area (Å²) >= 11 is 5.91. The van der Waals surface area contributed by atoms with Crippen molar-refractivity contribution in [2.24, 2.45) is 0 Å². The molecule has 0 aliphatic heterocycles. The molecule has 7 heteroatoms. The molecule has 0 saturated heterocycles. The Morgan fingerprint density at radius 3 is 2.71 bits per heavy atom. The lowest BCUT2D eigenvalue weighted by molar-refractivity contribution is 0.476. The molecule has 0 unspecified atom stereocenters. The number of nitrogens with one attached hydrogen (secondary N) is 2. The van der Waals surface area contributed by atoms with E-state index in [9.17, 15) is 5.11 Å². The maximum Gasteiger partial charge on any atom is 0.223 e. The third-order valence-corrected chi connectivity index (χ3v) is 4.08. The second kappa shape index (κ2) is 5.58. The van der Waals surface area contributed by atoms with E-state index in [-0.39, 0.29) is 11.7 Å². The first-order chi connectivity index (χ1) is 11.6. The number of nitrogen functional groups attached to an aromatic ring is 1. The van der Waals surface area contributed by atoms with E-state index in [1.54, 1.807) is 18.2 Å². The molecule has 0 aliphatic rings. The summed E-state index contributed by atoms with van der Waals surface area (Å²) in [7, 11) is 0. The molecule has 6 nitrogen and oxygen atoms in total. The fourth-order valence-corrected chi connectivity index (χ4v) is 2.84. The van der Waals surface area contributed by atoms with E-state index in [2.05, 4.69) is 20.3 Å². The quantitative estimate of drug-likeness (QED) is 0.456. The summed E-state index contributed by atoms with van der Waals surface area (Å²) in [6.45, 7) is 0.564. The monoisotopic (exact) mass is 339 g/mol. The molecule has 0 spiro atoms. The van der Waals surface area contributed by atoms with Gasteiger partial charge in [0.15, 0.2) is 0 Å². The molecule has 120 valence electrons. The molecule has 0 fully saturated rings. The highest BCUT2D eigenvalue weighted by atomic mass is 35.5. The number of phenols is 1. The Labute approximate surface area is 142 Å². The van der Waals surface area contributed by atoms with Crippen molar-refractivity contribution in [1.29, 1.82) is 0 Å². The molecular weight excluding hydrogens is 326 g/mol. The van der Waals surface area contributed by atoms with E-state index in [1.807, 2.05) is 24.3 Å². The zero-order valence-electron chi connectivity index (χ0n) is 12.5. The van der Waals surface area contributed by atoms with Crippen LogP contribution in [-0.4, -0.2) is 20.1 Å². The summed E-state index contributed by atoms with van der Waals surface area (Å²) in [5.74, 6) is 0.977. The number of nitrogens with two attached hydrogens (primary N) is 1. The predicted molar refractivity (Wildman–Crippen MR) is 96.3 cm³/mol. The Morgan fingerprint density at radius 2 is 1.92 bits per heavy atom. The van der Waals surface area contributed by atoms with Crippen LogP contribution in [0.4, 0.5) is 11.8 Å². The van der Waals surface area contributed by atoms with Crippen molar-refractivity contribution < 1.29 is 5.11 Å². The Bertz CT molecular complexity index is 1040. The van der Waals surface area contributed by atoms with Gasteiger partial charge in [-0.2, -0.15) is 9.97 Å². The number of aromatic amines is 1. The third-order valence-electron chi connectivity index (χ3n) is 3.83. The summed E-state index contributed by atoms with van der Waals surface area (Å²) in [4.78, 5) is 11.7. The average Bonchev–Trinajstić information content (AvgIpc) is 2.91. The Balaban J connectivity index is 1.79. The van der Waals surface area contributed by atoms with Gasteiger partial charge in [-0.1, -0.05) is 23.7 Å². The molecule has 2 aromatic heterocycles. The van der Waals surface area contributed by atoms with Crippen LogP contribution in [0.5, 0.6) is 5.75 Å². The summed E-state index contributed by atoms with van der Waals surface area (Å²) in [5, 5.41) is 15.4. The second-order valence-electron chi connectivity index (χ2n) is 5.49. The minimum Gasteiger partial charge on any atom is -0.508 e. The highest BCUT2D eigenvalue weighted by molar-refractivity contribution is 6.30. The van der Waals surface area contributed by atoms with Crippen LogP contribution in [0.25, 0.3) is 21.9 Å². The standard InChI is InChI=1S/C17H14ClN5O/c18-10-3-1-9(2-4-10)8-20-15-14-12-7-11(24)5-6-13(12)21-16(14)23-17(19)22-15/h1-7,24H,8H2,(H4,19,20,21,22,23). The van der Waals surface area contributed by atoms with Crippen molar-refractivity contribution in [3.63, 3.8) is 0 Å². The zero-order chi connectivity index (χ0) is 16.7. The van der Waals surface area contributed by atoms with Crippen LogP contribution in [0, 0.1) is 0 Å². The Hall–Kier alpha value is -2.99. The molecule has 4 rings (SSSR count). The van der Waals surface area contributed by atoms with Gasteiger partial charge in [0, 0.05) is 22.5 Å². The first kappa shape index (κ1) is 14.6. The number of nitrogens with zero attached hydrogens (tertiary/aromatic N) is 2. The number of fused-ring (bicyclic) bond motifs is 3. The molecule has 0 radical (unpaired) electrons. The van der Waals surface area contributed by atoms with Crippen LogP contribution in [0.3, 0.4) is 0 Å². The van der Waals surface area contributed by atoms with Crippen molar-refractivity contribution in [2.75, 3.05) is 11.1 Å². The normalized spacial score (nSPS) is 11.2. The molecule has 0 saturated carbocycles. The van der Waals surface area contributed by atoms with Gasteiger partial charge in [0.25, 0.3) is 0 Å². The van der Waals surface area contributed by atoms with Gasteiger partial charge in [-0.05, 0) is 35.9 Å². The Morgan fingerprint density at radius 1 is 1.12 bits per heavy atom. The van der Waals surface area contributed by atoms with E-state index in [1.165, 1.54) is 0 Å². The molecule has 2 heterocycles. The minimum absolute atomic E-state index is 0.178. The lowest BCUT2D eigenvalue weighted by atomic mass is 10.2. The van der Waals surface area contributed by atoms with Gasteiger partial charge < -0.3 is 21.1 Å². The van der Waals surface area contributed by atoms with E-state index in [0.29, 0.717) is 23.0 Å². The third kappa shape index (κ3) is 2.57. The summed E-state index contributed by atoms with van der Waals surface area (Å²) in [5.41, 5.74) is 8.36. The summed E-state index contributed by atoms with van der Waals surface area (Å²) < 4.78 is 0. The summed E-state index contributed by atoms with van der Waals surface area (Å²) in [6.07, 6.45) is 0. The van der Waals surface area contributed by atoms with Gasteiger partial charge in [0.1, 0.15) is 17.2 Å². The average molecular weight is 340 g/mol. The number of hydrogen-bond acceptors (Lipinski definition) is 5. The van der Waals surface area contributed by atoms with Crippen molar-refractivity contribution in [1.82, 2.24) is 15.0 Å². The zero-order valence-corrected chi connectivity index (χ0v) is 13.3. The number of phenolic OH excluding ortho intramolecular Hbond substituents is 1. The van der Waals surface area contributed by atoms with Gasteiger partial charge in [0.2, 0.25) is 5.95 Å². The SMILES string of the molecule is Nc1nc(NCc2ccc(Cl)cc2)c2c(n1)[nH]c1ccc(O)cc12. The van der Waals surface area contributed by atoms with Crippen LogP contribution >= 0.6 is 11.6 Å². The van der Waals surface area contributed by atoms with E-state index < -0.39 is 0 Å². The van der Waals surface area contributed by atoms with Crippen molar-refractivity contribution in [3.05, 3.63) is 53.1 Å². The van der Waals surface area contributed by atoms with Gasteiger partial charge in [-0.15, -0.1) is 0 Å². The van der Waals surface area contributed by atoms with Crippen LogP contribution < -0.4 is 11.1 Å². The molecule has 4 aromatic rings. The van der Waals surface area contributed by atoms with Gasteiger partial charge in [0.05, 0.1) is 5.39 Å². The molecule has 5 N–H and O–H groups in total. The van der Waals surface area contributed by atoms with Crippen LogP contribution in [0.2, 0.25) is 5.02 Å². The number of benzene rings is 2. The topological polar surface area (TPSA) is 99.9 Å². The first-order valence-electron chi connectivity index (χ1n) is 7.36. The number of rotatable bonds is 3. The molecular formula is C17H14ClN5O. The number of H-pyrrole nitrogens is 1. The van der Waals surface area contributed by atoms with Crippen LogP contribution in [-0.2, 0) is 6.54 Å². The van der Waals surface area contributed by atoms with Crippen molar-refractivity contribution in [2.45, 2.75) is 6.54 Å². The predicted octanol–water partition coefficient (Wildman–Crippen LogP) is 3.66. The van der Waals surface area contributed by atoms with E-state index in [4.69, 9.17) is 17.3 Å². The van der Waals surface area contributed by atoms with Crippen LogP contribution in [0.1, 0.15) is 5.56 Å². The minimum atomic E-state index is 0.178. The van der Waals surface area contributed by atoms with E-state index >= 15 is 0 Å². The highest BCUT2D eigenvalue weighted by Gasteiger charge is 2.13. The fourth-order valence-electron chi connectivity index (χ4n) is 2.72. The molecule has 0 bridgehead atoms. The van der Waals surface area contributed by atoms with Gasteiger partial charge >= 0.3 is 0 Å². The number of hydrogen-bond donors (Lipinski definition) is 4. The fraction of sp³-hybridized carbons (Fsp3) is 0.0588. The second-order valence-corrected chi connectivity index (χ2v) is 5.93. The lowest BCUT2D eigenvalue weighted by Crippen LogP contribution is -2.05. The number of anilines is 2. The van der Waals surface area contributed by atoms with Crippen molar-refractivity contribution >= 4 is 45.3 Å².